The van der Waals surface area contributed by atoms with Gasteiger partial charge >= 0.3 is 6.18 Å². The minimum atomic E-state index is -4.51. The topological polar surface area (TPSA) is 58.4 Å². The van der Waals surface area contributed by atoms with E-state index in [4.69, 9.17) is 5.73 Å². The average Bonchev–Trinajstić information content (AvgIpc) is 2.27. The third-order valence-electron chi connectivity index (χ3n) is 2.49. The van der Waals surface area contributed by atoms with Crippen molar-refractivity contribution in [2.24, 2.45) is 0 Å². The van der Waals surface area contributed by atoms with E-state index in [1.807, 2.05) is 0 Å². The summed E-state index contributed by atoms with van der Waals surface area (Å²) in [6.07, 6.45) is -4.51. The minimum absolute atomic E-state index is 0.0301. The molecule has 0 radical (unpaired) electrons. The first-order valence-corrected chi connectivity index (χ1v) is 5.70. The third kappa shape index (κ3) is 4.04. The second kappa shape index (κ2) is 5.81. The molecule has 0 spiro atoms. The van der Waals surface area contributed by atoms with Gasteiger partial charge in [0.25, 0.3) is 0 Å². The highest BCUT2D eigenvalue weighted by Crippen LogP contribution is 2.37. The number of hydrogen-bond acceptors (Lipinski definition) is 3. The van der Waals surface area contributed by atoms with Gasteiger partial charge in [0.1, 0.15) is 0 Å². The molecule has 0 atom stereocenters. The van der Waals surface area contributed by atoms with Gasteiger partial charge in [0.15, 0.2) is 0 Å². The summed E-state index contributed by atoms with van der Waals surface area (Å²) >= 11 is 0. The van der Waals surface area contributed by atoms with Crippen LogP contribution in [-0.4, -0.2) is 26.0 Å². The fourth-order valence-electron chi connectivity index (χ4n) is 1.67. The second-order valence-electron chi connectivity index (χ2n) is 4.08. The Morgan fingerprint density at radius 3 is 2.58 bits per heavy atom. The zero-order valence-corrected chi connectivity index (χ0v) is 10.7. The lowest BCUT2D eigenvalue weighted by Crippen LogP contribution is -2.35. The van der Waals surface area contributed by atoms with Gasteiger partial charge in [0.2, 0.25) is 5.91 Å². The number of nitrogens with one attached hydrogen (secondary N) is 1. The van der Waals surface area contributed by atoms with Gasteiger partial charge in [0.05, 0.1) is 12.1 Å². The first-order valence-electron chi connectivity index (χ1n) is 5.70. The number of alkyl halides is 3. The molecule has 0 aliphatic heterocycles. The van der Waals surface area contributed by atoms with Crippen LogP contribution in [0.2, 0.25) is 0 Å². The van der Waals surface area contributed by atoms with Gasteiger partial charge < -0.3 is 16.0 Å². The first-order chi connectivity index (χ1) is 8.75. The number of amides is 1. The Kier molecular flexibility index (Phi) is 4.63. The predicted molar refractivity (Wildman–Crippen MR) is 67.8 cm³/mol. The van der Waals surface area contributed by atoms with Crippen molar-refractivity contribution in [3.8, 4) is 0 Å². The van der Waals surface area contributed by atoms with E-state index >= 15 is 0 Å². The first kappa shape index (κ1) is 15.1. The Morgan fingerprint density at radius 1 is 1.42 bits per heavy atom. The molecule has 4 nitrogen and oxygen atoms in total. The Labute approximate surface area is 109 Å². The lowest BCUT2D eigenvalue weighted by Gasteiger charge is -2.23. The van der Waals surface area contributed by atoms with Crippen molar-refractivity contribution >= 4 is 17.3 Å². The number of rotatable bonds is 4. The van der Waals surface area contributed by atoms with Crippen LogP contribution in [0.1, 0.15) is 12.5 Å². The maximum atomic E-state index is 12.9. The zero-order valence-electron chi connectivity index (χ0n) is 10.7. The van der Waals surface area contributed by atoms with Crippen LogP contribution in [0.4, 0.5) is 24.5 Å². The van der Waals surface area contributed by atoms with E-state index in [0.717, 1.165) is 6.07 Å². The Balaban J connectivity index is 3.02. The zero-order chi connectivity index (χ0) is 14.6. The molecular formula is C12H16F3N3O. The van der Waals surface area contributed by atoms with Crippen molar-refractivity contribution in [2.75, 3.05) is 30.8 Å². The standard InChI is InChI=1S/C12H16F3N3O/c1-3-17-11(19)7-18(2)10-5-4-8(16)6-9(10)12(13,14)15/h4-6H,3,7,16H2,1-2H3,(H,17,19). The van der Waals surface area contributed by atoms with Crippen molar-refractivity contribution in [2.45, 2.75) is 13.1 Å². The van der Waals surface area contributed by atoms with E-state index in [1.165, 1.54) is 24.1 Å². The minimum Gasteiger partial charge on any atom is -0.399 e. The molecule has 19 heavy (non-hydrogen) atoms. The van der Waals surface area contributed by atoms with Crippen molar-refractivity contribution in [3.63, 3.8) is 0 Å². The normalized spacial score (nSPS) is 11.2. The molecule has 7 heteroatoms. The Morgan fingerprint density at radius 2 is 2.05 bits per heavy atom. The molecule has 0 unspecified atom stereocenters. The fourth-order valence-corrected chi connectivity index (χ4v) is 1.67. The summed E-state index contributed by atoms with van der Waals surface area (Å²) in [4.78, 5) is 12.6. The van der Waals surface area contributed by atoms with E-state index in [9.17, 15) is 18.0 Å². The third-order valence-corrected chi connectivity index (χ3v) is 2.49. The number of nitrogens with two attached hydrogens (primary N) is 1. The fraction of sp³-hybridized carbons (Fsp3) is 0.417. The average molecular weight is 275 g/mol. The van der Waals surface area contributed by atoms with Crippen LogP contribution in [0, 0.1) is 0 Å². The summed E-state index contributed by atoms with van der Waals surface area (Å²) in [5, 5.41) is 2.53. The molecule has 1 aromatic rings. The molecular weight excluding hydrogens is 259 g/mol. The molecule has 1 amide bonds. The van der Waals surface area contributed by atoms with Gasteiger partial charge in [-0.25, -0.2) is 0 Å². The number of carbonyl (C=O) groups is 1. The Bertz CT molecular complexity index is 460. The van der Waals surface area contributed by atoms with E-state index in [-0.39, 0.29) is 23.8 Å². The molecule has 1 aromatic carbocycles. The molecule has 0 saturated carbocycles. The van der Waals surface area contributed by atoms with Gasteiger partial charge in [-0.1, -0.05) is 0 Å². The van der Waals surface area contributed by atoms with Gasteiger partial charge in [-0.05, 0) is 25.1 Å². The van der Waals surface area contributed by atoms with Gasteiger partial charge in [-0.15, -0.1) is 0 Å². The van der Waals surface area contributed by atoms with E-state index in [1.54, 1.807) is 6.92 Å². The lowest BCUT2D eigenvalue weighted by molar-refractivity contribution is -0.137. The SMILES string of the molecule is CCNC(=O)CN(C)c1ccc(N)cc1C(F)(F)F. The summed E-state index contributed by atoms with van der Waals surface area (Å²) in [5.74, 6) is -0.338. The summed E-state index contributed by atoms with van der Waals surface area (Å²) in [6.45, 7) is 2.02. The number of nitrogen functional groups attached to an aromatic ring is 1. The second-order valence-corrected chi connectivity index (χ2v) is 4.08. The molecule has 0 bridgehead atoms. The number of carbonyl (C=O) groups excluding carboxylic acids is 1. The molecule has 0 aliphatic rings. The van der Waals surface area contributed by atoms with Crippen LogP contribution in [0.3, 0.4) is 0 Å². The van der Waals surface area contributed by atoms with E-state index in [0.29, 0.717) is 6.54 Å². The largest absolute Gasteiger partial charge is 0.418 e. The van der Waals surface area contributed by atoms with Crippen molar-refractivity contribution < 1.29 is 18.0 Å². The predicted octanol–water partition coefficient (Wildman–Crippen LogP) is 1.86. The van der Waals surface area contributed by atoms with Crippen LogP contribution >= 0.6 is 0 Å². The van der Waals surface area contributed by atoms with Crippen molar-refractivity contribution in [3.05, 3.63) is 23.8 Å². The van der Waals surface area contributed by atoms with Crippen LogP contribution in [0.5, 0.6) is 0 Å². The molecule has 0 aromatic heterocycles. The number of nitrogens with zero attached hydrogens (tertiary/aromatic N) is 1. The molecule has 1 rings (SSSR count). The molecule has 0 heterocycles. The lowest BCUT2D eigenvalue weighted by atomic mass is 10.1. The highest BCUT2D eigenvalue weighted by Gasteiger charge is 2.34. The molecule has 0 fully saturated rings. The number of hydrogen-bond donors (Lipinski definition) is 2. The summed E-state index contributed by atoms with van der Waals surface area (Å²) < 4.78 is 38.7. The monoisotopic (exact) mass is 275 g/mol. The Hall–Kier alpha value is -1.92. The maximum absolute atomic E-state index is 12.9. The molecule has 106 valence electrons. The number of likely N-dealkylation sites (N-methyl/N-ethyl adjacent to an activating group) is 2. The van der Waals surface area contributed by atoms with Gasteiger partial charge in [-0.2, -0.15) is 13.2 Å². The van der Waals surface area contributed by atoms with Gasteiger partial charge in [0, 0.05) is 25.0 Å². The van der Waals surface area contributed by atoms with Crippen molar-refractivity contribution in [1.29, 1.82) is 0 Å². The molecule has 0 saturated heterocycles. The van der Waals surface area contributed by atoms with E-state index < -0.39 is 11.7 Å². The van der Waals surface area contributed by atoms with Crippen LogP contribution in [0.25, 0.3) is 0 Å². The summed E-state index contributed by atoms with van der Waals surface area (Å²) in [5.41, 5.74) is 4.48. The highest BCUT2D eigenvalue weighted by molar-refractivity contribution is 5.81. The van der Waals surface area contributed by atoms with Crippen molar-refractivity contribution in [1.82, 2.24) is 5.32 Å². The number of halogens is 3. The molecule has 0 aliphatic carbocycles. The highest BCUT2D eigenvalue weighted by atomic mass is 19.4. The van der Waals surface area contributed by atoms with E-state index in [2.05, 4.69) is 5.32 Å². The smallest absolute Gasteiger partial charge is 0.399 e. The summed E-state index contributed by atoms with van der Waals surface area (Å²) in [7, 11) is 1.43. The maximum Gasteiger partial charge on any atom is 0.418 e. The van der Waals surface area contributed by atoms with Gasteiger partial charge in [-0.3, -0.25) is 4.79 Å². The summed E-state index contributed by atoms with van der Waals surface area (Å²) in [6, 6.07) is 3.50. The van der Waals surface area contributed by atoms with Crippen LogP contribution in [0.15, 0.2) is 18.2 Å². The van der Waals surface area contributed by atoms with Crippen LogP contribution < -0.4 is 16.0 Å². The quantitative estimate of drug-likeness (QED) is 0.825. The number of anilines is 2. The number of benzene rings is 1. The van der Waals surface area contributed by atoms with Crippen LogP contribution in [-0.2, 0) is 11.0 Å². The molecule has 3 N–H and O–H groups in total.